The molecule has 1 rings (SSSR count). The SMILES string of the molecule is CNCC(=O)NCCCOC.COCCCNC(=O)CN(C)S(=O)(=O)c1cc(C(=O)O)cc(C)c1C. The van der Waals surface area contributed by atoms with E-state index in [0.29, 0.717) is 50.4 Å². The number of hydrogen-bond acceptors (Lipinski definition) is 8. The molecule has 13 heteroatoms. The molecule has 0 bridgehead atoms. The van der Waals surface area contributed by atoms with Crippen LogP contribution in [0.4, 0.5) is 0 Å². The summed E-state index contributed by atoms with van der Waals surface area (Å²) in [5.74, 6) is -1.62. The second kappa shape index (κ2) is 17.8. The number of nitrogens with one attached hydrogen (secondary N) is 3. The molecule has 36 heavy (non-hydrogen) atoms. The van der Waals surface area contributed by atoms with E-state index in [0.717, 1.165) is 16.8 Å². The minimum atomic E-state index is -3.99. The zero-order valence-electron chi connectivity index (χ0n) is 22.0. The van der Waals surface area contributed by atoms with Gasteiger partial charge in [0.1, 0.15) is 0 Å². The number of likely N-dealkylation sites (N-methyl/N-ethyl adjacent to an activating group) is 2. The maximum absolute atomic E-state index is 12.7. The van der Waals surface area contributed by atoms with Crippen LogP contribution in [-0.2, 0) is 29.1 Å². The second-order valence-corrected chi connectivity index (χ2v) is 9.92. The number of methoxy groups -OCH3 is 2. The van der Waals surface area contributed by atoms with Crippen LogP contribution in [0.5, 0.6) is 0 Å². The third kappa shape index (κ3) is 12.4. The van der Waals surface area contributed by atoms with Gasteiger partial charge in [-0.3, -0.25) is 9.59 Å². The number of ether oxygens (including phenoxy) is 2. The normalized spacial score (nSPS) is 11.0. The quantitative estimate of drug-likeness (QED) is 0.230. The molecule has 0 aliphatic heterocycles. The number of carboxylic acid groups (broad SMARTS) is 1. The first-order valence-corrected chi connectivity index (χ1v) is 12.8. The van der Waals surface area contributed by atoms with Crippen molar-refractivity contribution in [2.45, 2.75) is 31.6 Å². The first kappa shape index (κ1) is 33.4. The molecule has 0 unspecified atom stereocenters. The van der Waals surface area contributed by atoms with Crippen LogP contribution in [-0.4, -0.2) is 103 Å². The number of carbonyl (C=O) groups is 3. The lowest BCUT2D eigenvalue weighted by atomic mass is 10.1. The minimum Gasteiger partial charge on any atom is -0.478 e. The molecule has 12 nitrogen and oxygen atoms in total. The van der Waals surface area contributed by atoms with Crippen molar-refractivity contribution in [1.82, 2.24) is 20.3 Å². The van der Waals surface area contributed by atoms with Crippen molar-refractivity contribution < 1.29 is 37.4 Å². The number of aryl methyl sites for hydroxylation is 1. The molecule has 0 aliphatic carbocycles. The van der Waals surface area contributed by atoms with Gasteiger partial charge in [-0.15, -0.1) is 0 Å². The molecule has 0 aromatic heterocycles. The van der Waals surface area contributed by atoms with Gasteiger partial charge in [-0.1, -0.05) is 0 Å². The highest BCUT2D eigenvalue weighted by atomic mass is 32.2. The summed E-state index contributed by atoms with van der Waals surface area (Å²) in [6.45, 7) is 5.53. The second-order valence-electron chi connectivity index (χ2n) is 7.91. The number of aromatic carboxylic acids is 1. The summed E-state index contributed by atoms with van der Waals surface area (Å²) in [7, 11) is 2.24. The summed E-state index contributed by atoms with van der Waals surface area (Å²) in [4.78, 5) is 33.7. The predicted molar refractivity (Wildman–Crippen MR) is 136 cm³/mol. The average Bonchev–Trinajstić information content (AvgIpc) is 2.81. The van der Waals surface area contributed by atoms with Gasteiger partial charge in [-0.05, 0) is 57.0 Å². The van der Waals surface area contributed by atoms with Gasteiger partial charge in [0.25, 0.3) is 0 Å². The van der Waals surface area contributed by atoms with Gasteiger partial charge in [0.05, 0.1) is 23.5 Å². The number of amides is 2. The fraction of sp³-hybridized carbons (Fsp3) is 0.609. The van der Waals surface area contributed by atoms with E-state index in [9.17, 15) is 22.8 Å². The lowest BCUT2D eigenvalue weighted by Gasteiger charge is -2.19. The Balaban J connectivity index is 0.000000935. The Hall–Kier alpha value is -2.58. The third-order valence-corrected chi connectivity index (χ3v) is 6.88. The van der Waals surface area contributed by atoms with Gasteiger partial charge in [0.15, 0.2) is 0 Å². The number of sulfonamides is 1. The van der Waals surface area contributed by atoms with Crippen molar-refractivity contribution in [3.63, 3.8) is 0 Å². The number of carboxylic acids is 1. The summed E-state index contributed by atoms with van der Waals surface area (Å²) in [5, 5.41) is 17.2. The summed E-state index contributed by atoms with van der Waals surface area (Å²) >= 11 is 0. The van der Waals surface area contributed by atoms with Gasteiger partial charge >= 0.3 is 5.97 Å². The molecule has 0 atom stereocenters. The van der Waals surface area contributed by atoms with Crippen molar-refractivity contribution in [1.29, 1.82) is 0 Å². The molecule has 206 valence electrons. The van der Waals surface area contributed by atoms with Gasteiger partial charge in [0.2, 0.25) is 21.8 Å². The Morgan fingerprint density at radius 2 is 1.50 bits per heavy atom. The summed E-state index contributed by atoms with van der Waals surface area (Å²) < 4.78 is 36.0. The Bertz CT molecular complexity index is 954. The molecule has 4 N–H and O–H groups in total. The highest BCUT2D eigenvalue weighted by Crippen LogP contribution is 2.23. The van der Waals surface area contributed by atoms with E-state index in [1.807, 2.05) is 0 Å². The van der Waals surface area contributed by atoms with E-state index in [2.05, 4.69) is 16.0 Å². The number of carbonyl (C=O) groups excluding carboxylic acids is 2. The highest BCUT2D eigenvalue weighted by molar-refractivity contribution is 7.89. The monoisotopic (exact) mass is 532 g/mol. The van der Waals surface area contributed by atoms with Crippen LogP contribution in [0.3, 0.4) is 0 Å². The van der Waals surface area contributed by atoms with Gasteiger partial charge in [0, 0.05) is 47.6 Å². The Morgan fingerprint density at radius 3 is 1.97 bits per heavy atom. The zero-order valence-corrected chi connectivity index (χ0v) is 22.8. The van der Waals surface area contributed by atoms with E-state index >= 15 is 0 Å². The fourth-order valence-electron chi connectivity index (χ4n) is 2.84. The molecule has 0 spiro atoms. The first-order valence-electron chi connectivity index (χ1n) is 11.4. The molecular weight excluding hydrogens is 492 g/mol. The molecule has 0 heterocycles. The van der Waals surface area contributed by atoms with E-state index < -0.39 is 21.9 Å². The largest absolute Gasteiger partial charge is 0.478 e. The summed E-state index contributed by atoms with van der Waals surface area (Å²) in [6.07, 6.45) is 1.49. The lowest BCUT2D eigenvalue weighted by molar-refractivity contribution is -0.121. The average molecular weight is 533 g/mol. The number of benzene rings is 1. The van der Waals surface area contributed by atoms with Crippen LogP contribution < -0.4 is 16.0 Å². The maximum Gasteiger partial charge on any atom is 0.335 e. The maximum atomic E-state index is 12.7. The van der Waals surface area contributed by atoms with Gasteiger partial charge in [-0.25, -0.2) is 13.2 Å². The zero-order chi connectivity index (χ0) is 27.7. The number of hydrogen-bond donors (Lipinski definition) is 4. The molecule has 1 aromatic carbocycles. The fourth-order valence-corrected chi connectivity index (χ4v) is 4.29. The van der Waals surface area contributed by atoms with Gasteiger partial charge in [-0.2, -0.15) is 4.31 Å². The Morgan fingerprint density at radius 1 is 0.972 bits per heavy atom. The van der Waals surface area contributed by atoms with E-state index in [1.165, 1.54) is 13.1 Å². The molecule has 0 fully saturated rings. The molecule has 0 radical (unpaired) electrons. The Labute approximate surface area is 213 Å². The van der Waals surface area contributed by atoms with E-state index in [1.54, 1.807) is 35.1 Å². The topological polar surface area (TPSA) is 163 Å². The summed E-state index contributed by atoms with van der Waals surface area (Å²) in [5.41, 5.74) is 0.896. The van der Waals surface area contributed by atoms with Crippen LogP contribution >= 0.6 is 0 Å². The van der Waals surface area contributed by atoms with Crippen LogP contribution in [0.25, 0.3) is 0 Å². The molecule has 2 amide bonds. The smallest absolute Gasteiger partial charge is 0.335 e. The van der Waals surface area contributed by atoms with Crippen molar-refractivity contribution in [3.05, 3.63) is 28.8 Å². The number of rotatable bonds is 15. The van der Waals surface area contributed by atoms with E-state index in [-0.39, 0.29) is 22.9 Å². The van der Waals surface area contributed by atoms with Crippen molar-refractivity contribution in [2.75, 3.05) is 67.7 Å². The summed E-state index contributed by atoms with van der Waals surface area (Å²) in [6, 6.07) is 2.53. The molecule has 0 saturated heterocycles. The van der Waals surface area contributed by atoms with E-state index in [4.69, 9.17) is 14.6 Å². The van der Waals surface area contributed by atoms with Crippen LogP contribution in [0, 0.1) is 13.8 Å². The Kier molecular flexibility index (Phi) is 16.5. The highest BCUT2D eigenvalue weighted by Gasteiger charge is 2.26. The van der Waals surface area contributed by atoms with Crippen molar-refractivity contribution in [3.8, 4) is 0 Å². The van der Waals surface area contributed by atoms with Crippen LogP contribution in [0.2, 0.25) is 0 Å². The lowest BCUT2D eigenvalue weighted by Crippen LogP contribution is -2.39. The molecule has 1 aromatic rings. The minimum absolute atomic E-state index is 0.0311. The molecular formula is C23H40N4O8S. The van der Waals surface area contributed by atoms with Crippen molar-refractivity contribution >= 4 is 27.8 Å². The van der Waals surface area contributed by atoms with Crippen LogP contribution in [0.15, 0.2) is 17.0 Å². The first-order chi connectivity index (χ1) is 16.9. The standard InChI is InChI=1S/C16H24N2O6S.C7H16N2O2/c1-11-8-13(16(20)21)9-14(12(11)2)25(22,23)18(3)10-15(19)17-6-5-7-24-4;1-8-6-7(10)9-4-3-5-11-2/h8-9H,5-7,10H2,1-4H3,(H,17,19)(H,20,21);8H,3-6H2,1-2H3,(H,9,10). The third-order valence-electron chi connectivity index (χ3n) is 4.95. The molecule has 0 aliphatic rings. The van der Waals surface area contributed by atoms with Gasteiger partial charge < -0.3 is 30.5 Å². The predicted octanol–water partition coefficient (Wildman–Crippen LogP) is 0.133. The van der Waals surface area contributed by atoms with Crippen LogP contribution in [0.1, 0.15) is 34.3 Å². The number of nitrogens with zero attached hydrogens (tertiary/aromatic N) is 1. The molecule has 0 saturated carbocycles. The van der Waals surface area contributed by atoms with Crippen molar-refractivity contribution in [2.24, 2.45) is 0 Å².